The third kappa shape index (κ3) is 2.87. The number of aliphatic hydroxyl groups is 1. The van der Waals surface area contributed by atoms with E-state index in [1.807, 2.05) is 6.07 Å². The molecule has 2 aromatic carbocycles. The van der Waals surface area contributed by atoms with Gasteiger partial charge in [-0.15, -0.1) is 0 Å². The van der Waals surface area contributed by atoms with E-state index in [1.165, 1.54) is 11.9 Å². The lowest BCUT2D eigenvalue weighted by molar-refractivity contribution is -0.128. The molecular weight excluding hydrogens is 360 g/mol. The van der Waals surface area contributed by atoms with Crippen molar-refractivity contribution in [1.29, 1.82) is 0 Å². The summed E-state index contributed by atoms with van der Waals surface area (Å²) in [6.07, 6.45) is -0.378. The highest BCUT2D eigenvalue weighted by Gasteiger charge is 2.41. The minimum Gasteiger partial charge on any atom is -0.503 e. The summed E-state index contributed by atoms with van der Waals surface area (Å²) in [6.45, 7) is 0. The summed E-state index contributed by atoms with van der Waals surface area (Å²) < 4.78 is 5.21. The zero-order chi connectivity index (χ0) is 19.8. The molecule has 2 heterocycles. The van der Waals surface area contributed by atoms with Crippen LogP contribution in [0.15, 0.2) is 75.1 Å². The number of Topliss-reactive ketones (excluding diaryl/α,β-unsaturated/α-hetero) is 1. The van der Waals surface area contributed by atoms with Gasteiger partial charge in [0.25, 0.3) is 5.91 Å². The van der Waals surface area contributed by atoms with Gasteiger partial charge in [-0.1, -0.05) is 42.5 Å². The summed E-state index contributed by atoms with van der Waals surface area (Å²) in [6, 6.07) is 14.9. The van der Waals surface area contributed by atoms with Crippen molar-refractivity contribution in [2.75, 3.05) is 7.05 Å². The molecule has 1 N–H and O–H groups in total. The summed E-state index contributed by atoms with van der Waals surface area (Å²) in [7, 11) is 1.51. The highest BCUT2D eigenvalue weighted by molar-refractivity contribution is 6.09. The SMILES string of the molecule is CN1C(=O)C(O)=C(C(=O)Cc2nc3ccccc3oc2=O)C1c1ccccc1. The maximum absolute atomic E-state index is 13.0. The first-order valence-electron chi connectivity index (χ1n) is 8.64. The number of aliphatic hydroxyl groups excluding tert-OH is 1. The molecule has 0 saturated carbocycles. The Bertz CT molecular complexity index is 1180. The van der Waals surface area contributed by atoms with Crippen LogP contribution < -0.4 is 5.63 Å². The molecule has 1 atom stereocenters. The van der Waals surface area contributed by atoms with Crippen LogP contribution in [-0.4, -0.2) is 33.7 Å². The predicted octanol–water partition coefficient (Wildman–Crippen LogP) is 2.33. The van der Waals surface area contributed by atoms with E-state index in [9.17, 15) is 19.5 Å². The second-order valence-electron chi connectivity index (χ2n) is 6.51. The van der Waals surface area contributed by atoms with Crippen molar-refractivity contribution in [3.63, 3.8) is 0 Å². The average Bonchev–Trinajstić information content (AvgIpc) is 2.93. The fraction of sp³-hybridized carbons (Fsp3) is 0.143. The molecule has 4 rings (SSSR count). The van der Waals surface area contributed by atoms with Gasteiger partial charge in [0, 0.05) is 7.05 Å². The standard InChI is InChI=1S/C21H16N2O5/c1-23-18(12-7-3-2-4-8-12)17(19(25)20(23)26)15(24)11-14-21(27)28-16-10-6-5-9-13(16)22-14/h2-10,18,25H,11H2,1H3. The number of likely N-dealkylation sites (N-methyl/N-ethyl adjacent to an activating group) is 1. The van der Waals surface area contributed by atoms with Crippen molar-refractivity contribution < 1.29 is 19.1 Å². The van der Waals surface area contributed by atoms with Crippen molar-refractivity contribution in [3.8, 4) is 0 Å². The Hall–Kier alpha value is -3.74. The quantitative estimate of drug-likeness (QED) is 0.750. The van der Waals surface area contributed by atoms with Gasteiger partial charge in [-0.25, -0.2) is 9.78 Å². The number of carbonyl (C=O) groups is 2. The summed E-state index contributed by atoms with van der Waals surface area (Å²) in [4.78, 5) is 43.0. The molecule has 0 bridgehead atoms. The van der Waals surface area contributed by atoms with E-state index >= 15 is 0 Å². The van der Waals surface area contributed by atoms with E-state index in [0.717, 1.165) is 0 Å². The molecule has 1 aromatic heterocycles. The van der Waals surface area contributed by atoms with E-state index in [4.69, 9.17) is 4.42 Å². The number of ketones is 1. The van der Waals surface area contributed by atoms with Crippen LogP contribution in [0.1, 0.15) is 17.3 Å². The van der Waals surface area contributed by atoms with E-state index in [1.54, 1.807) is 48.5 Å². The monoisotopic (exact) mass is 376 g/mol. The molecule has 28 heavy (non-hydrogen) atoms. The van der Waals surface area contributed by atoms with E-state index < -0.39 is 29.1 Å². The largest absolute Gasteiger partial charge is 0.503 e. The van der Waals surface area contributed by atoms with E-state index in [2.05, 4.69) is 4.98 Å². The Morgan fingerprint density at radius 2 is 1.79 bits per heavy atom. The van der Waals surface area contributed by atoms with Gasteiger partial charge >= 0.3 is 5.63 Å². The average molecular weight is 376 g/mol. The third-order valence-electron chi connectivity index (χ3n) is 4.74. The highest BCUT2D eigenvalue weighted by atomic mass is 16.4. The van der Waals surface area contributed by atoms with Crippen LogP contribution in [0.2, 0.25) is 0 Å². The number of benzene rings is 2. The maximum Gasteiger partial charge on any atom is 0.358 e. The van der Waals surface area contributed by atoms with Crippen LogP contribution in [0.5, 0.6) is 0 Å². The first-order valence-corrected chi connectivity index (χ1v) is 8.64. The number of fused-ring (bicyclic) bond motifs is 1. The molecule has 0 fully saturated rings. The normalized spacial score (nSPS) is 16.8. The lowest BCUT2D eigenvalue weighted by Crippen LogP contribution is -2.27. The Balaban J connectivity index is 1.73. The smallest absolute Gasteiger partial charge is 0.358 e. The van der Waals surface area contributed by atoms with Crippen molar-refractivity contribution >= 4 is 22.8 Å². The zero-order valence-corrected chi connectivity index (χ0v) is 15.0. The summed E-state index contributed by atoms with van der Waals surface area (Å²) in [5.41, 5.74) is 0.613. The zero-order valence-electron chi connectivity index (χ0n) is 15.0. The molecule has 1 aliphatic rings. The van der Waals surface area contributed by atoms with Gasteiger partial charge in [-0.3, -0.25) is 9.59 Å². The van der Waals surface area contributed by atoms with Gasteiger partial charge in [0.2, 0.25) is 0 Å². The van der Waals surface area contributed by atoms with Crippen molar-refractivity contribution in [3.05, 3.63) is 87.6 Å². The molecule has 3 aromatic rings. The number of carbonyl (C=O) groups excluding carboxylic acids is 2. The molecule has 0 spiro atoms. The topological polar surface area (TPSA) is 101 Å². The second-order valence-corrected chi connectivity index (χ2v) is 6.51. The lowest BCUT2D eigenvalue weighted by Gasteiger charge is -2.22. The van der Waals surface area contributed by atoms with Crippen molar-refractivity contribution in [1.82, 2.24) is 9.88 Å². The number of amides is 1. The molecule has 1 amide bonds. The molecular formula is C21H16N2O5. The van der Waals surface area contributed by atoms with E-state index in [0.29, 0.717) is 16.7 Å². The van der Waals surface area contributed by atoms with Gasteiger partial charge in [0.1, 0.15) is 11.2 Å². The van der Waals surface area contributed by atoms with Gasteiger partial charge in [-0.05, 0) is 17.7 Å². The Kier molecular flexibility index (Phi) is 4.27. The number of hydrogen-bond donors (Lipinski definition) is 1. The van der Waals surface area contributed by atoms with Gasteiger partial charge in [-0.2, -0.15) is 0 Å². The first kappa shape index (κ1) is 17.7. The molecule has 1 aliphatic heterocycles. The number of rotatable bonds is 4. The number of aromatic nitrogens is 1. The maximum atomic E-state index is 13.0. The van der Waals surface area contributed by atoms with Crippen molar-refractivity contribution in [2.45, 2.75) is 12.5 Å². The number of hydrogen-bond acceptors (Lipinski definition) is 6. The Morgan fingerprint density at radius 1 is 1.11 bits per heavy atom. The molecule has 7 heteroatoms. The number of nitrogens with zero attached hydrogens (tertiary/aromatic N) is 2. The molecule has 140 valence electrons. The van der Waals surface area contributed by atoms with Gasteiger partial charge < -0.3 is 14.4 Å². The fourth-order valence-corrected chi connectivity index (χ4v) is 3.38. The molecule has 7 nitrogen and oxygen atoms in total. The Morgan fingerprint density at radius 3 is 2.54 bits per heavy atom. The third-order valence-corrected chi connectivity index (χ3v) is 4.74. The van der Waals surface area contributed by atoms with Crippen LogP contribution in [0, 0.1) is 0 Å². The van der Waals surface area contributed by atoms with Crippen LogP contribution >= 0.6 is 0 Å². The van der Waals surface area contributed by atoms with E-state index in [-0.39, 0.29) is 17.7 Å². The second kappa shape index (κ2) is 6.77. The Labute approximate surface area is 159 Å². The molecule has 0 saturated heterocycles. The number of para-hydroxylation sites is 2. The van der Waals surface area contributed by atoms with Crippen molar-refractivity contribution in [2.24, 2.45) is 0 Å². The fourth-order valence-electron chi connectivity index (χ4n) is 3.38. The molecule has 0 aliphatic carbocycles. The summed E-state index contributed by atoms with van der Waals surface area (Å²) >= 11 is 0. The summed E-state index contributed by atoms with van der Waals surface area (Å²) in [5.74, 6) is -1.80. The summed E-state index contributed by atoms with van der Waals surface area (Å²) in [5, 5.41) is 10.3. The van der Waals surface area contributed by atoms with Crippen LogP contribution in [0.25, 0.3) is 11.1 Å². The van der Waals surface area contributed by atoms with Crippen LogP contribution in [0.4, 0.5) is 0 Å². The first-order chi connectivity index (χ1) is 13.5. The van der Waals surface area contributed by atoms with Crippen LogP contribution in [0.3, 0.4) is 0 Å². The predicted molar refractivity (Wildman–Crippen MR) is 101 cm³/mol. The highest BCUT2D eigenvalue weighted by Crippen LogP contribution is 2.36. The molecule has 0 radical (unpaired) electrons. The molecule has 1 unspecified atom stereocenters. The van der Waals surface area contributed by atoms with Gasteiger partial charge in [0.15, 0.2) is 17.1 Å². The lowest BCUT2D eigenvalue weighted by atomic mass is 9.94. The van der Waals surface area contributed by atoms with Crippen LogP contribution in [-0.2, 0) is 16.0 Å². The van der Waals surface area contributed by atoms with Gasteiger partial charge in [0.05, 0.1) is 18.0 Å². The minimum atomic E-state index is -0.728. The minimum absolute atomic E-state index is 0.0481.